The topological polar surface area (TPSA) is 55.2 Å². The number of aryl methyl sites for hydroxylation is 2. The van der Waals surface area contributed by atoms with Crippen LogP contribution >= 0.6 is 11.3 Å². The molecule has 0 aliphatic rings. The summed E-state index contributed by atoms with van der Waals surface area (Å²) >= 11 is 1.57. The third-order valence-electron chi connectivity index (χ3n) is 5.85. The molecule has 0 aliphatic carbocycles. The lowest BCUT2D eigenvalue weighted by atomic mass is 10.1. The van der Waals surface area contributed by atoms with Gasteiger partial charge in [-0.15, -0.1) is 11.3 Å². The largest absolute Gasteiger partial charge is 0.335 e. The van der Waals surface area contributed by atoms with E-state index in [4.69, 9.17) is 4.98 Å². The Bertz CT molecular complexity index is 1320. The molecule has 0 saturated heterocycles. The molecule has 0 fully saturated rings. The highest BCUT2D eigenvalue weighted by Crippen LogP contribution is 2.27. The lowest BCUT2D eigenvalue weighted by Gasteiger charge is -2.29. The zero-order valence-electron chi connectivity index (χ0n) is 18.8. The zero-order chi connectivity index (χ0) is 22.8. The van der Waals surface area contributed by atoms with Gasteiger partial charge in [-0.3, -0.25) is 14.2 Å². The quantitative estimate of drug-likeness (QED) is 0.409. The average molecular weight is 446 g/mol. The molecule has 0 saturated carbocycles. The number of carbonyl (C=O) groups excluding carboxylic acids is 1. The predicted molar refractivity (Wildman–Crippen MR) is 131 cm³/mol. The Morgan fingerprint density at radius 2 is 1.91 bits per heavy atom. The van der Waals surface area contributed by atoms with Crippen molar-refractivity contribution in [2.45, 2.75) is 39.7 Å². The Morgan fingerprint density at radius 3 is 2.59 bits per heavy atom. The fraction of sp³-hybridized carbons (Fsp3) is 0.269. The van der Waals surface area contributed by atoms with E-state index in [2.05, 4.69) is 6.07 Å². The average Bonchev–Trinajstić information content (AvgIpc) is 3.28. The molecule has 164 valence electrons. The number of fused-ring (bicyclic) bond motifs is 1. The number of nitrogens with zero attached hydrogens (tertiary/aromatic N) is 3. The van der Waals surface area contributed by atoms with Crippen LogP contribution in [-0.4, -0.2) is 27.4 Å². The van der Waals surface area contributed by atoms with Crippen LogP contribution in [0.4, 0.5) is 0 Å². The van der Waals surface area contributed by atoms with Crippen LogP contribution in [0.5, 0.6) is 0 Å². The van der Waals surface area contributed by atoms with Gasteiger partial charge < -0.3 is 4.90 Å². The Morgan fingerprint density at radius 1 is 1.12 bits per heavy atom. The molecular formula is C26H27N3O2S. The van der Waals surface area contributed by atoms with E-state index >= 15 is 0 Å². The van der Waals surface area contributed by atoms with Crippen LogP contribution in [0.1, 0.15) is 41.2 Å². The Balaban J connectivity index is 1.89. The molecule has 0 bridgehead atoms. The summed E-state index contributed by atoms with van der Waals surface area (Å²) in [6.07, 6.45) is 0.981. The van der Waals surface area contributed by atoms with Crippen LogP contribution < -0.4 is 5.56 Å². The summed E-state index contributed by atoms with van der Waals surface area (Å²) in [6, 6.07) is 17.0. The van der Waals surface area contributed by atoms with Crippen molar-refractivity contribution < 1.29 is 4.79 Å². The highest BCUT2D eigenvalue weighted by molar-refractivity contribution is 7.10. The van der Waals surface area contributed by atoms with Crippen LogP contribution in [0.25, 0.3) is 16.6 Å². The molecule has 1 atom stereocenters. The van der Waals surface area contributed by atoms with Crippen molar-refractivity contribution in [3.05, 3.63) is 92.2 Å². The van der Waals surface area contributed by atoms with Crippen LogP contribution in [-0.2, 0) is 11.2 Å². The first-order valence-corrected chi connectivity index (χ1v) is 11.7. The number of aromatic nitrogens is 2. The van der Waals surface area contributed by atoms with Gasteiger partial charge in [0.25, 0.3) is 5.56 Å². The van der Waals surface area contributed by atoms with Crippen molar-refractivity contribution in [1.82, 2.24) is 14.5 Å². The van der Waals surface area contributed by atoms with Gasteiger partial charge in [0.05, 0.1) is 29.1 Å². The standard InChI is InChI=1S/C26H27N3O2S/c1-5-22(28(4)24(30)16-19-9-8-14-32-19)25-27-21-11-7-6-10-20(21)26(31)29(25)23-13-12-17(2)15-18(23)3/h6-15,22H,5,16H2,1-4H3. The first-order valence-electron chi connectivity index (χ1n) is 10.8. The van der Waals surface area contributed by atoms with Gasteiger partial charge in [-0.2, -0.15) is 0 Å². The molecule has 2 aromatic heterocycles. The third-order valence-corrected chi connectivity index (χ3v) is 6.72. The summed E-state index contributed by atoms with van der Waals surface area (Å²) in [7, 11) is 1.80. The van der Waals surface area contributed by atoms with Gasteiger partial charge >= 0.3 is 0 Å². The molecule has 2 heterocycles. The number of benzene rings is 2. The van der Waals surface area contributed by atoms with Gasteiger partial charge in [0.1, 0.15) is 5.82 Å². The molecule has 5 nitrogen and oxygen atoms in total. The van der Waals surface area contributed by atoms with Crippen LogP contribution in [0.3, 0.4) is 0 Å². The molecule has 32 heavy (non-hydrogen) atoms. The number of thiophene rings is 1. The van der Waals surface area contributed by atoms with E-state index in [1.165, 1.54) is 0 Å². The summed E-state index contributed by atoms with van der Waals surface area (Å²) < 4.78 is 1.69. The fourth-order valence-corrected chi connectivity index (χ4v) is 4.85. The number of amides is 1. The molecular weight excluding hydrogens is 418 g/mol. The second-order valence-corrected chi connectivity index (χ2v) is 9.13. The van der Waals surface area contributed by atoms with Gasteiger partial charge in [0.2, 0.25) is 5.91 Å². The van der Waals surface area contributed by atoms with Crippen molar-refractivity contribution in [2.24, 2.45) is 0 Å². The number of hydrogen-bond acceptors (Lipinski definition) is 4. The Labute approximate surface area is 192 Å². The Hall–Kier alpha value is -3.25. The van der Waals surface area contributed by atoms with E-state index in [9.17, 15) is 9.59 Å². The first kappa shape index (κ1) is 22.0. The molecule has 0 aliphatic heterocycles. The number of rotatable bonds is 6. The molecule has 6 heteroatoms. The van der Waals surface area contributed by atoms with E-state index < -0.39 is 0 Å². The van der Waals surface area contributed by atoms with E-state index in [0.717, 1.165) is 21.7 Å². The molecule has 1 amide bonds. The van der Waals surface area contributed by atoms with Crippen LogP contribution in [0.2, 0.25) is 0 Å². The molecule has 0 N–H and O–H groups in total. The lowest BCUT2D eigenvalue weighted by molar-refractivity contribution is -0.131. The first-order chi connectivity index (χ1) is 15.4. The van der Waals surface area contributed by atoms with Crippen molar-refractivity contribution >= 4 is 28.1 Å². The molecule has 2 aromatic carbocycles. The van der Waals surface area contributed by atoms with E-state index in [0.29, 0.717) is 29.6 Å². The van der Waals surface area contributed by atoms with Gasteiger partial charge in [-0.05, 0) is 55.5 Å². The summed E-state index contributed by atoms with van der Waals surface area (Å²) in [6.45, 7) is 6.05. The van der Waals surface area contributed by atoms with Crippen molar-refractivity contribution in [3.63, 3.8) is 0 Å². The van der Waals surface area contributed by atoms with E-state index in [-0.39, 0.29) is 17.5 Å². The molecule has 4 rings (SSSR count). The smallest absolute Gasteiger partial charge is 0.266 e. The summed E-state index contributed by atoms with van der Waals surface area (Å²) in [5, 5.41) is 2.54. The van der Waals surface area contributed by atoms with Gasteiger partial charge in [0.15, 0.2) is 0 Å². The van der Waals surface area contributed by atoms with Crippen LogP contribution in [0, 0.1) is 13.8 Å². The highest BCUT2D eigenvalue weighted by Gasteiger charge is 2.27. The number of likely N-dealkylation sites (N-methyl/N-ethyl adjacent to an activating group) is 1. The highest BCUT2D eigenvalue weighted by atomic mass is 32.1. The van der Waals surface area contributed by atoms with Crippen LogP contribution in [0.15, 0.2) is 64.8 Å². The SMILES string of the molecule is CCC(c1nc2ccccc2c(=O)n1-c1ccc(C)cc1C)N(C)C(=O)Cc1cccs1. The number of para-hydroxylation sites is 1. The maximum atomic E-state index is 13.7. The fourth-order valence-electron chi connectivity index (χ4n) is 4.15. The molecule has 0 spiro atoms. The van der Waals surface area contributed by atoms with E-state index in [1.807, 2.05) is 68.6 Å². The summed E-state index contributed by atoms with van der Waals surface area (Å²) in [5.41, 5.74) is 3.45. The van der Waals surface area contributed by atoms with E-state index in [1.54, 1.807) is 33.9 Å². The van der Waals surface area contributed by atoms with Crippen molar-refractivity contribution in [2.75, 3.05) is 7.05 Å². The van der Waals surface area contributed by atoms with Gasteiger partial charge in [0, 0.05) is 11.9 Å². The molecule has 1 unspecified atom stereocenters. The number of carbonyl (C=O) groups is 1. The predicted octanol–water partition coefficient (Wildman–Crippen LogP) is 5.22. The maximum absolute atomic E-state index is 13.7. The summed E-state index contributed by atoms with van der Waals surface area (Å²) in [4.78, 5) is 34.5. The number of hydrogen-bond donors (Lipinski definition) is 0. The normalized spacial score (nSPS) is 12.1. The minimum absolute atomic E-state index is 0.00823. The second kappa shape index (κ2) is 9.09. The zero-order valence-corrected chi connectivity index (χ0v) is 19.6. The second-order valence-electron chi connectivity index (χ2n) is 8.10. The van der Waals surface area contributed by atoms with Gasteiger partial charge in [-0.1, -0.05) is 42.8 Å². The third kappa shape index (κ3) is 4.10. The minimum atomic E-state index is -0.333. The molecule has 0 radical (unpaired) electrons. The Kier molecular flexibility index (Phi) is 6.24. The monoisotopic (exact) mass is 445 g/mol. The maximum Gasteiger partial charge on any atom is 0.266 e. The van der Waals surface area contributed by atoms with Crippen molar-refractivity contribution in [3.8, 4) is 5.69 Å². The lowest BCUT2D eigenvalue weighted by Crippen LogP contribution is -2.36. The minimum Gasteiger partial charge on any atom is -0.335 e. The van der Waals surface area contributed by atoms with Crippen molar-refractivity contribution in [1.29, 1.82) is 0 Å². The van der Waals surface area contributed by atoms with Gasteiger partial charge in [-0.25, -0.2) is 4.98 Å². The summed E-state index contributed by atoms with van der Waals surface area (Å²) in [5.74, 6) is 0.596. The molecule has 4 aromatic rings.